The maximum absolute atomic E-state index is 12.7. The zero-order chi connectivity index (χ0) is 41.4. The number of allylic oxidation sites excluding steroid dienone is 10. The Hall–Kier alpha value is -2.96. The Kier molecular flexibility index (Phi) is 29.2. The number of carbonyl (C=O) groups is 3. The zero-order valence-corrected chi connectivity index (χ0v) is 34.5. The number of phosphoric ester groups is 1. The normalized spacial score (nSPS) is 20.4. The predicted molar refractivity (Wildman–Crippen MR) is 218 cm³/mol. The minimum atomic E-state index is -4.87. The summed E-state index contributed by atoms with van der Waals surface area (Å²) in [6.07, 6.45) is 31.2. The third-order valence-electron chi connectivity index (χ3n) is 9.19. The van der Waals surface area contributed by atoms with Crippen LogP contribution in [0.3, 0.4) is 0 Å². The van der Waals surface area contributed by atoms with Gasteiger partial charge in [-0.25, -0.2) is 4.57 Å². The van der Waals surface area contributed by atoms with E-state index in [2.05, 4.69) is 67.0 Å². The van der Waals surface area contributed by atoms with Gasteiger partial charge in [-0.15, -0.1) is 0 Å². The first kappa shape index (κ1) is 51.1. The fourth-order valence-corrected chi connectivity index (χ4v) is 6.47. The molecule has 1 aliphatic rings. The molecule has 0 bridgehead atoms. The molecule has 0 radical (unpaired) electrons. The summed E-state index contributed by atoms with van der Waals surface area (Å²) < 4.78 is 26.2. The number of Topliss-reactive ketones (excluding diaryl/α,β-unsaturated/α-hetero) is 1. The lowest BCUT2D eigenvalue weighted by Gasteiger charge is -2.20. The van der Waals surface area contributed by atoms with Gasteiger partial charge in [0, 0.05) is 43.9 Å². The van der Waals surface area contributed by atoms with Crippen molar-refractivity contribution < 1.29 is 58.1 Å². The molecule has 0 unspecified atom stereocenters. The minimum Gasteiger partial charge on any atom is -0.462 e. The highest BCUT2D eigenvalue weighted by Crippen LogP contribution is 2.37. The highest BCUT2D eigenvalue weighted by Gasteiger charge is 2.41. The third kappa shape index (κ3) is 27.6. The van der Waals surface area contributed by atoms with E-state index in [1.165, 1.54) is 0 Å². The van der Waals surface area contributed by atoms with Crippen LogP contribution in [0.4, 0.5) is 0 Å². The van der Waals surface area contributed by atoms with Crippen LogP contribution in [0.25, 0.3) is 0 Å². The quantitative estimate of drug-likeness (QED) is 0.0191. The van der Waals surface area contributed by atoms with E-state index in [9.17, 15) is 34.3 Å². The fourth-order valence-electron chi connectivity index (χ4n) is 6.11. The molecule has 1 saturated carbocycles. The van der Waals surface area contributed by atoms with E-state index in [0.29, 0.717) is 32.1 Å². The smallest absolute Gasteiger partial charge is 0.462 e. The number of ketones is 1. The SMILES string of the molecule is CC/C=C\C/C=C\C/C=C\C/C=C\C/C=C\CCCC(=O)O[C@H](COC(=O)CCCCC(=O)C[C@@H]1[C@@H](/C=C/[C@@H](O)CCCCC)[C@H](O)C[C@@H]1O)COP(=O)(O)O. The molecule has 0 aliphatic heterocycles. The van der Waals surface area contributed by atoms with Crippen LogP contribution in [0.2, 0.25) is 0 Å². The maximum Gasteiger partial charge on any atom is 0.469 e. The zero-order valence-electron chi connectivity index (χ0n) is 33.6. The van der Waals surface area contributed by atoms with E-state index in [4.69, 9.17) is 19.3 Å². The molecule has 6 atom stereocenters. The molecule has 0 spiro atoms. The molecule has 0 aromatic rings. The van der Waals surface area contributed by atoms with Crippen LogP contribution in [0.15, 0.2) is 72.9 Å². The first-order valence-corrected chi connectivity index (χ1v) is 21.9. The molecule has 0 aromatic heterocycles. The highest BCUT2D eigenvalue weighted by atomic mass is 31.2. The van der Waals surface area contributed by atoms with Gasteiger partial charge in [-0.1, -0.05) is 106 Å². The lowest BCUT2D eigenvalue weighted by molar-refractivity contribution is -0.161. The number of phosphoric acid groups is 1. The Morgan fingerprint density at radius 3 is 1.93 bits per heavy atom. The first-order chi connectivity index (χ1) is 26.9. The van der Waals surface area contributed by atoms with Gasteiger partial charge >= 0.3 is 19.8 Å². The van der Waals surface area contributed by atoms with Crippen LogP contribution >= 0.6 is 7.82 Å². The number of hydrogen-bond donors (Lipinski definition) is 5. The largest absolute Gasteiger partial charge is 0.469 e. The monoisotopic (exact) mass is 808 g/mol. The van der Waals surface area contributed by atoms with Crippen LogP contribution < -0.4 is 0 Å². The van der Waals surface area contributed by atoms with E-state index in [1.807, 2.05) is 12.2 Å². The summed E-state index contributed by atoms with van der Waals surface area (Å²) in [6, 6.07) is 0. The van der Waals surface area contributed by atoms with Crippen molar-refractivity contribution in [2.24, 2.45) is 11.8 Å². The van der Waals surface area contributed by atoms with Gasteiger partial charge in [-0.2, -0.15) is 0 Å². The lowest BCUT2D eigenvalue weighted by Crippen LogP contribution is -2.29. The van der Waals surface area contributed by atoms with Gasteiger partial charge in [-0.3, -0.25) is 18.9 Å². The third-order valence-corrected chi connectivity index (χ3v) is 9.68. The topological polar surface area (TPSA) is 197 Å². The molecular weight excluding hydrogens is 739 g/mol. The van der Waals surface area contributed by atoms with Crippen molar-refractivity contribution in [2.45, 2.75) is 154 Å². The van der Waals surface area contributed by atoms with Gasteiger partial charge in [0.2, 0.25) is 0 Å². The Bertz CT molecular complexity index is 1310. The molecule has 1 rings (SSSR count). The van der Waals surface area contributed by atoms with Crippen molar-refractivity contribution >= 4 is 25.5 Å². The molecule has 12 nitrogen and oxygen atoms in total. The van der Waals surface area contributed by atoms with E-state index in [1.54, 1.807) is 12.2 Å². The van der Waals surface area contributed by atoms with Crippen LogP contribution in [0.1, 0.15) is 129 Å². The lowest BCUT2D eigenvalue weighted by atomic mass is 9.87. The van der Waals surface area contributed by atoms with Crippen molar-refractivity contribution in [3.63, 3.8) is 0 Å². The van der Waals surface area contributed by atoms with Gasteiger partial charge in [0.25, 0.3) is 0 Å². The van der Waals surface area contributed by atoms with Gasteiger partial charge < -0.3 is 34.6 Å². The van der Waals surface area contributed by atoms with E-state index in [-0.39, 0.29) is 37.9 Å². The molecule has 0 saturated heterocycles. The van der Waals surface area contributed by atoms with Crippen molar-refractivity contribution in [3.05, 3.63) is 72.9 Å². The van der Waals surface area contributed by atoms with Gasteiger partial charge in [0.15, 0.2) is 6.10 Å². The van der Waals surface area contributed by atoms with Crippen LogP contribution in [0.5, 0.6) is 0 Å². The summed E-state index contributed by atoms with van der Waals surface area (Å²) in [5, 5.41) is 31.2. The Labute approximate surface area is 334 Å². The summed E-state index contributed by atoms with van der Waals surface area (Å²) in [5.74, 6) is -2.27. The maximum atomic E-state index is 12.7. The number of esters is 2. The van der Waals surface area contributed by atoms with Gasteiger partial charge in [-0.05, 0) is 64.2 Å². The van der Waals surface area contributed by atoms with E-state index in [0.717, 1.165) is 51.4 Å². The number of hydrogen-bond acceptors (Lipinski definition) is 10. The van der Waals surface area contributed by atoms with E-state index >= 15 is 0 Å². The van der Waals surface area contributed by atoms with Gasteiger partial charge in [0.1, 0.15) is 12.4 Å². The summed E-state index contributed by atoms with van der Waals surface area (Å²) in [5.41, 5.74) is 0. The van der Waals surface area contributed by atoms with Crippen molar-refractivity contribution in [3.8, 4) is 0 Å². The molecule has 13 heteroatoms. The van der Waals surface area contributed by atoms with Crippen LogP contribution in [0, 0.1) is 11.8 Å². The minimum absolute atomic E-state index is 0.0351. The summed E-state index contributed by atoms with van der Waals surface area (Å²) >= 11 is 0. The average molecular weight is 809 g/mol. The van der Waals surface area contributed by atoms with Crippen molar-refractivity contribution in [2.75, 3.05) is 13.2 Å². The number of ether oxygens (including phenoxy) is 2. The molecule has 5 N–H and O–H groups in total. The van der Waals surface area contributed by atoms with Crippen molar-refractivity contribution in [1.29, 1.82) is 0 Å². The molecular formula is C43H69O12P. The standard InChI is InChI=1S/C43H69O12P/c1-3-5-7-8-9-10-11-12-13-14-15-16-17-18-19-20-22-28-43(49)55-37(34-54-56(50,51)52)33-53-42(48)27-24-23-26-36(45)31-39-38(40(46)32-41(39)47)30-29-35(44)25-21-6-4-2/h5,7,9-10,12-13,15-16,18-19,29-30,35,37-41,44,46-47H,3-4,6,8,11,14,17,20-28,31-34H2,1-2H3,(H2,50,51,52)/b7-5-,10-9-,13-12-,16-15-,19-18-,30-29+/t35-,37+,38+,39+,40+,41-/m0/s1. The number of rotatable bonds is 32. The predicted octanol–water partition coefficient (Wildman–Crippen LogP) is 7.85. The molecule has 1 aliphatic carbocycles. The molecule has 56 heavy (non-hydrogen) atoms. The van der Waals surface area contributed by atoms with Gasteiger partial charge in [0.05, 0.1) is 24.9 Å². The Morgan fingerprint density at radius 2 is 1.32 bits per heavy atom. The second-order valence-electron chi connectivity index (χ2n) is 14.2. The average Bonchev–Trinajstić information content (AvgIpc) is 3.41. The highest BCUT2D eigenvalue weighted by molar-refractivity contribution is 7.46. The second kappa shape index (κ2) is 32.0. The van der Waals surface area contributed by atoms with E-state index < -0.39 is 69.2 Å². The van der Waals surface area contributed by atoms with Crippen molar-refractivity contribution in [1.82, 2.24) is 0 Å². The molecule has 1 fully saturated rings. The summed E-state index contributed by atoms with van der Waals surface area (Å²) in [7, 11) is -4.87. The summed E-state index contributed by atoms with van der Waals surface area (Å²) in [4.78, 5) is 55.7. The molecule has 318 valence electrons. The number of unbranched alkanes of at least 4 members (excludes halogenated alkanes) is 4. The molecule has 0 aromatic carbocycles. The fraction of sp³-hybridized carbons (Fsp3) is 0.651. The Balaban J connectivity index is 2.37. The van der Waals surface area contributed by atoms with Crippen LogP contribution in [-0.4, -0.2) is 80.5 Å². The Morgan fingerprint density at radius 1 is 0.732 bits per heavy atom. The number of aliphatic hydroxyl groups excluding tert-OH is 3. The number of aliphatic hydroxyl groups is 3. The number of carbonyl (C=O) groups excluding carboxylic acids is 3. The second-order valence-corrected chi connectivity index (χ2v) is 15.4. The first-order valence-electron chi connectivity index (χ1n) is 20.4. The summed E-state index contributed by atoms with van der Waals surface area (Å²) in [6.45, 7) is 3.08. The molecule has 0 amide bonds. The van der Waals surface area contributed by atoms with Crippen LogP contribution in [-0.2, 0) is 32.9 Å². The molecule has 0 heterocycles.